The molecule has 0 aromatic rings. The second-order valence-electron chi connectivity index (χ2n) is 4.78. The lowest BCUT2D eigenvalue weighted by Crippen LogP contribution is -2.37. The summed E-state index contributed by atoms with van der Waals surface area (Å²) in [6.45, 7) is 8.09. The first-order valence-electron chi connectivity index (χ1n) is 6.64. The van der Waals surface area contributed by atoms with Crippen molar-refractivity contribution in [3.8, 4) is 0 Å². The lowest BCUT2D eigenvalue weighted by molar-refractivity contribution is 0.116. The van der Waals surface area contributed by atoms with Gasteiger partial charge in [0.05, 0.1) is 6.04 Å². The number of nitrogens with zero attached hydrogens (tertiary/aromatic N) is 1. The summed E-state index contributed by atoms with van der Waals surface area (Å²) in [6, 6.07) is -0.111. The number of halogens is 1. The van der Waals surface area contributed by atoms with E-state index in [1.54, 1.807) is 26.1 Å². The molecule has 0 spiro atoms. The van der Waals surface area contributed by atoms with Crippen LogP contribution in [0, 0.1) is 0 Å². The first-order chi connectivity index (χ1) is 10.0. The molecule has 1 aliphatic heterocycles. The van der Waals surface area contributed by atoms with Gasteiger partial charge in [-0.1, -0.05) is 26.7 Å². The second-order valence-corrected chi connectivity index (χ2v) is 7.27. The fraction of sp³-hybridized carbons (Fsp3) is 0.400. The van der Waals surface area contributed by atoms with E-state index in [1.807, 2.05) is 26.0 Å². The number of amides is 1. The molecule has 1 aliphatic rings. The summed E-state index contributed by atoms with van der Waals surface area (Å²) < 4.78 is 5.24. The van der Waals surface area contributed by atoms with Gasteiger partial charge in [-0.2, -0.15) is 0 Å². The van der Waals surface area contributed by atoms with Gasteiger partial charge in [-0.05, 0) is 53.1 Å². The van der Waals surface area contributed by atoms with Gasteiger partial charge in [0.15, 0.2) is 0 Å². The summed E-state index contributed by atoms with van der Waals surface area (Å²) in [6.07, 6.45) is 7.67. The van der Waals surface area contributed by atoms with Crippen molar-refractivity contribution in [1.29, 1.82) is 0 Å². The van der Waals surface area contributed by atoms with Crippen molar-refractivity contribution in [3.63, 3.8) is 0 Å². The summed E-state index contributed by atoms with van der Waals surface area (Å²) >= 11 is 2.18. The molecule has 0 aromatic heterocycles. The number of hydrogen-bond acceptors (Lipinski definition) is 4. The summed E-state index contributed by atoms with van der Waals surface area (Å²) in [7, 11) is 1.61. The van der Waals surface area contributed by atoms with Gasteiger partial charge in [-0.3, -0.25) is 4.90 Å². The lowest BCUT2D eigenvalue weighted by Gasteiger charge is -2.29. The second kappa shape index (κ2) is 9.19. The minimum absolute atomic E-state index is 0.111. The largest absolute Gasteiger partial charge is 0.448 e. The average Bonchev–Trinajstić information content (AvgIpc) is 2.46. The molecule has 1 amide bonds. The maximum absolute atomic E-state index is 12.1. The van der Waals surface area contributed by atoms with Crippen LogP contribution in [0.2, 0.25) is 0 Å². The van der Waals surface area contributed by atoms with E-state index in [2.05, 4.69) is 27.8 Å². The van der Waals surface area contributed by atoms with Crippen LogP contribution in [0.1, 0.15) is 20.3 Å². The summed E-state index contributed by atoms with van der Waals surface area (Å²) in [4.78, 5) is 13.7. The molecule has 116 valence electrons. The minimum atomic E-state index is -0.338. The van der Waals surface area contributed by atoms with Crippen molar-refractivity contribution in [2.24, 2.45) is 5.73 Å². The summed E-state index contributed by atoms with van der Waals surface area (Å²) in [5, 5.41) is 0. The average molecular weight is 420 g/mol. The third-order valence-corrected chi connectivity index (χ3v) is 4.64. The zero-order valence-corrected chi connectivity index (χ0v) is 15.3. The highest BCUT2D eigenvalue weighted by Crippen LogP contribution is 2.22. The Balaban J connectivity index is 2.85. The van der Waals surface area contributed by atoms with Crippen LogP contribution in [0.15, 0.2) is 47.9 Å². The Morgan fingerprint density at radius 3 is 2.90 bits per heavy atom. The zero-order valence-electron chi connectivity index (χ0n) is 12.3. The first-order valence-corrected chi connectivity index (χ1v) is 10.2. The minimum Gasteiger partial charge on any atom is -0.448 e. The van der Waals surface area contributed by atoms with Crippen molar-refractivity contribution >= 4 is 36.2 Å². The standard InChI is InChI=1S/C15H21IN2O2S/c1-4-5-13-10-12(14(17)11(2)3)6-7-18(13)15(19)20-8-9-21-16/h4,6-7,10,13H,1,5,8-9,17H2,2-3H3. The smallest absolute Gasteiger partial charge is 0.414 e. The van der Waals surface area contributed by atoms with Gasteiger partial charge in [0.25, 0.3) is 0 Å². The molecule has 1 rings (SSSR count). The van der Waals surface area contributed by atoms with E-state index in [1.165, 1.54) is 0 Å². The molecule has 0 radical (unpaired) electrons. The van der Waals surface area contributed by atoms with E-state index in [9.17, 15) is 4.79 Å². The van der Waals surface area contributed by atoms with Crippen LogP contribution in [0.5, 0.6) is 0 Å². The monoisotopic (exact) mass is 420 g/mol. The van der Waals surface area contributed by atoms with Gasteiger partial charge in [0, 0.05) is 17.6 Å². The molecule has 0 fully saturated rings. The van der Waals surface area contributed by atoms with E-state index in [0.717, 1.165) is 22.6 Å². The van der Waals surface area contributed by atoms with Crippen LogP contribution in [-0.2, 0) is 4.74 Å². The highest BCUT2D eigenvalue weighted by molar-refractivity contribution is 14.2. The lowest BCUT2D eigenvalue weighted by atomic mass is 10.0. The third-order valence-electron chi connectivity index (χ3n) is 3.00. The highest BCUT2D eigenvalue weighted by Gasteiger charge is 2.24. The van der Waals surface area contributed by atoms with Gasteiger partial charge in [-0.15, -0.1) is 6.58 Å². The molecule has 0 aromatic carbocycles. The number of hydrogen-bond donors (Lipinski definition) is 1. The molecule has 1 atom stereocenters. The molecular formula is C15H21IN2O2S. The van der Waals surface area contributed by atoms with Gasteiger partial charge in [-0.25, -0.2) is 4.79 Å². The Hall–Kier alpha value is -0.890. The molecule has 6 heteroatoms. The predicted octanol–water partition coefficient (Wildman–Crippen LogP) is 4.16. The van der Waals surface area contributed by atoms with Crippen molar-refractivity contribution in [2.45, 2.75) is 26.3 Å². The van der Waals surface area contributed by atoms with E-state index < -0.39 is 0 Å². The number of carbonyl (C=O) groups excluding carboxylic acids is 1. The zero-order chi connectivity index (χ0) is 15.8. The predicted molar refractivity (Wildman–Crippen MR) is 98.1 cm³/mol. The molecule has 1 heterocycles. The van der Waals surface area contributed by atoms with Gasteiger partial charge >= 0.3 is 6.09 Å². The van der Waals surface area contributed by atoms with Crippen molar-refractivity contribution in [1.82, 2.24) is 4.90 Å². The number of allylic oxidation sites excluding steroid dienone is 2. The van der Waals surface area contributed by atoms with Crippen LogP contribution < -0.4 is 5.73 Å². The number of nitrogens with two attached hydrogens (primary N) is 1. The molecule has 1 unspecified atom stereocenters. The SMILES string of the molecule is C=CCC1C=C(C(N)=C(C)C)C=CN1C(=O)OCCSI. The summed E-state index contributed by atoms with van der Waals surface area (Å²) in [5.74, 6) is 0.780. The number of ether oxygens (including phenoxy) is 1. The highest BCUT2D eigenvalue weighted by atomic mass is 127. The van der Waals surface area contributed by atoms with Gasteiger partial charge in [0.2, 0.25) is 0 Å². The van der Waals surface area contributed by atoms with Crippen LogP contribution in [0.25, 0.3) is 0 Å². The Kier molecular flexibility index (Phi) is 7.95. The van der Waals surface area contributed by atoms with E-state index >= 15 is 0 Å². The molecule has 0 saturated carbocycles. The van der Waals surface area contributed by atoms with E-state index in [-0.39, 0.29) is 12.1 Å². The molecule has 21 heavy (non-hydrogen) atoms. The molecular weight excluding hydrogens is 399 g/mol. The fourth-order valence-electron chi connectivity index (χ4n) is 1.87. The quantitative estimate of drug-likeness (QED) is 0.398. The fourth-order valence-corrected chi connectivity index (χ4v) is 2.55. The Morgan fingerprint density at radius 1 is 1.62 bits per heavy atom. The molecule has 0 aliphatic carbocycles. The number of carbonyl (C=O) groups is 1. The molecule has 4 nitrogen and oxygen atoms in total. The maximum atomic E-state index is 12.1. The van der Waals surface area contributed by atoms with Crippen LogP contribution in [0.3, 0.4) is 0 Å². The first kappa shape index (κ1) is 18.2. The van der Waals surface area contributed by atoms with Crippen molar-refractivity contribution < 1.29 is 9.53 Å². The molecule has 0 saturated heterocycles. The van der Waals surface area contributed by atoms with Crippen molar-refractivity contribution in [2.75, 3.05) is 12.4 Å². The van der Waals surface area contributed by atoms with Gasteiger partial charge < -0.3 is 10.5 Å². The van der Waals surface area contributed by atoms with Crippen molar-refractivity contribution in [3.05, 3.63) is 47.9 Å². The van der Waals surface area contributed by atoms with E-state index in [0.29, 0.717) is 13.0 Å². The normalized spacial score (nSPS) is 17.2. The third kappa shape index (κ3) is 5.43. The Morgan fingerprint density at radius 2 is 2.33 bits per heavy atom. The van der Waals surface area contributed by atoms with E-state index in [4.69, 9.17) is 10.5 Å². The molecule has 2 N–H and O–H groups in total. The van der Waals surface area contributed by atoms with Crippen LogP contribution in [0.4, 0.5) is 4.79 Å². The Labute approximate surface area is 142 Å². The van der Waals surface area contributed by atoms with Crippen LogP contribution in [-0.4, -0.2) is 29.4 Å². The molecule has 0 bridgehead atoms. The summed E-state index contributed by atoms with van der Waals surface area (Å²) in [5.41, 5.74) is 8.80. The Bertz CT molecular complexity index is 482. The topological polar surface area (TPSA) is 55.6 Å². The van der Waals surface area contributed by atoms with Gasteiger partial charge in [0.1, 0.15) is 6.61 Å². The van der Waals surface area contributed by atoms with Crippen LogP contribution >= 0.6 is 30.1 Å². The number of rotatable bonds is 6. The maximum Gasteiger partial charge on any atom is 0.414 e.